The van der Waals surface area contributed by atoms with Crippen molar-refractivity contribution in [1.29, 1.82) is 0 Å². The van der Waals surface area contributed by atoms with Crippen LogP contribution < -0.4 is 5.73 Å². The molecule has 4 nitrogen and oxygen atoms in total. The first kappa shape index (κ1) is 15.0. The van der Waals surface area contributed by atoms with Gasteiger partial charge in [0.25, 0.3) is 0 Å². The quantitative estimate of drug-likeness (QED) is 0.697. The Bertz CT molecular complexity index is 385. The normalized spacial score (nSPS) is 15.9. The number of hydrogen-bond acceptors (Lipinski definition) is 4. The lowest BCUT2D eigenvalue weighted by Gasteiger charge is -2.26. The Labute approximate surface area is 111 Å². The van der Waals surface area contributed by atoms with Crippen molar-refractivity contribution in [3.8, 4) is 0 Å². The molecule has 1 aromatic carbocycles. The third-order valence-corrected chi connectivity index (χ3v) is 4.23. The van der Waals surface area contributed by atoms with E-state index >= 15 is 0 Å². The van der Waals surface area contributed by atoms with Crippen molar-refractivity contribution in [3.63, 3.8) is 0 Å². The van der Waals surface area contributed by atoms with Crippen LogP contribution in [0, 0.1) is 0 Å². The summed E-state index contributed by atoms with van der Waals surface area (Å²) >= 11 is 1.47. The number of rotatable bonds is 7. The van der Waals surface area contributed by atoms with E-state index in [0.717, 1.165) is 0 Å². The van der Waals surface area contributed by atoms with Gasteiger partial charge in [0.05, 0.1) is 0 Å². The summed E-state index contributed by atoms with van der Waals surface area (Å²) in [6.07, 6.45) is 0.634. The minimum atomic E-state index is -1.38. The number of nitrogens with two attached hydrogens (primary N) is 1. The number of aliphatic hydroxyl groups is 1. The third-order valence-electron chi connectivity index (χ3n) is 2.80. The van der Waals surface area contributed by atoms with Crippen LogP contribution in [0.5, 0.6) is 0 Å². The second-order valence-electron chi connectivity index (χ2n) is 4.28. The molecule has 18 heavy (non-hydrogen) atoms. The van der Waals surface area contributed by atoms with Gasteiger partial charge in [-0.2, -0.15) is 11.8 Å². The molecule has 0 aliphatic heterocycles. The van der Waals surface area contributed by atoms with Crippen molar-refractivity contribution in [2.24, 2.45) is 5.73 Å². The molecule has 0 radical (unpaired) electrons. The summed E-state index contributed by atoms with van der Waals surface area (Å²) in [5.41, 5.74) is 5.24. The fraction of sp³-hybridized carbons (Fsp3) is 0.462. The Morgan fingerprint density at radius 1 is 1.44 bits per heavy atom. The van der Waals surface area contributed by atoms with Gasteiger partial charge in [0, 0.05) is 17.6 Å². The van der Waals surface area contributed by atoms with Gasteiger partial charge in [0.1, 0.15) is 5.54 Å². The molecule has 0 saturated carbocycles. The van der Waals surface area contributed by atoms with Gasteiger partial charge in [-0.25, -0.2) is 4.79 Å². The predicted molar refractivity (Wildman–Crippen MR) is 73.6 cm³/mol. The van der Waals surface area contributed by atoms with Crippen LogP contribution in [-0.2, 0) is 10.3 Å². The highest BCUT2D eigenvalue weighted by Crippen LogP contribution is 2.26. The van der Waals surface area contributed by atoms with Crippen LogP contribution in [0.2, 0.25) is 0 Å². The van der Waals surface area contributed by atoms with Crippen LogP contribution >= 0.6 is 11.8 Å². The van der Waals surface area contributed by atoms with Crippen molar-refractivity contribution in [2.45, 2.75) is 24.1 Å². The fourth-order valence-electron chi connectivity index (χ4n) is 1.54. The zero-order valence-electron chi connectivity index (χ0n) is 10.4. The molecule has 0 aliphatic carbocycles. The Kier molecular flexibility index (Phi) is 5.65. The van der Waals surface area contributed by atoms with Crippen LogP contribution in [0.15, 0.2) is 30.3 Å². The molecule has 0 aromatic heterocycles. The Morgan fingerprint density at radius 3 is 2.56 bits per heavy atom. The molecule has 5 heteroatoms. The zero-order valence-corrected chi connectivity index (χ0v) is 11.2. The van der Waals surface area contributed by atoms with E-state index in [-0.39, 0.29) is 17.6 Å². The van der Waals surface area contributed by atoms with Gasteiger partial charge in [-0.3, -0.25) is 0 Å². The van der Waals surface area contributed by atoms with Crippen LogP contribution in [-0.4, -0.2) is 33.8 Å². The highest BCUT2D eigenvalue weighted by molar-refractivity contribution is 7.99. The number of aliphatic hydroxyl groups excluding tert-OH is 1. The molecule has 1 aromatic rings. The molecule has 0 amide bonds. The monoisotopic (exact) mass is 269 g/mol. The molecule has 0 saturated heterocycles. The molecular weight excluding hydrogens is 250 g/mol. The van der Waals surface area contributed by atoms with Crippen molar-refractivity contribution < 1.29 is 15.0 Å². The largest absolute Gasteiger partial charge is 0.480 e. The van der Waals surface area contributed by atoms with E-state index in [1.165, 1.54) is 11.8 Å². The van der Waals surface area contributed by atoms with E-state index in [2.05, 4.69) is 0 Å². The van der Waals surface area contributed by atoms with Crippen LogP contribution in [0.4, 0.5) is 0 Å². The van der Waals surface area contributed by atoms with Gasteiger partial charge in [-0.15, -0.1) is 0 Å². The molecule has 100 valence electrons. The van der Waals surface area contributed by atoms with E-state index < -0.39 is 11.5 Å². The van der Waals surface area contributed by atoms with Gasteiger partial charge >= 0.3 is 5.97 Å². The van der Waals surface area contributed by atoms with Gasteiger partial charge in [-0.1, -0.05) is 37.3 Å². The fourth-order valence-corrected chi connectivity index (χ4v) is 2.65. The predicted octanol–water partition coefficient (Wildman–Crippen LogP) is 1.43. The van der Waals surface area contributed by atoms with Gasteiger partial charge in [0.15, 0.2) is 0 Å². The van der Waals surface area contributed by atoms with Crippen molar-refractivity contribution >= 4 is 17.7 Å². The first-order chi connectivity index (χ1) is 8.50. The van der Waals surface area contributed by atoms with E-state index in [1.54, 1.807) is 24.3 Å². The van der Waals surface area contributed by atoms with E-state index in [1.807, 2.05) is 13.0 Å². The lowest BCUT2D eigenvalue weighted by molar-refractivity contribution is -0.142. The maximum atomic E-state index is 11.4. The lowest BCUT2D eigenvalue weighted by Crippen LogP contribution is -2.47. The topological polar surface area (TPSA) is 83.5 Å². The van der Waals surface area contributed by atoms with Crippen molar-refractivity contribution in [2.75, 3.05) is 12.4 Å². The second kappa shape index (κ2) is 6.78. The van der Waals surface area contributed by atoms with Crippen LogP contribution in [0.25, 0.3) is 0 Å². The summed E-state index contributed by atoms with van der Waals surface area (Å²) in [6.45, 7) is 2.05. The SMILES string of the molecule is CC(CCO)SCC(N)(C(=O)O)c1ccccc1. The van der Waals surface area contributed by atoms with Gasteiger partial charge < -0.3 is 15.9 Å². The molecule has 0 aliphatic rings. The molecular formula is C13H19NO3S. The maximum absolute atomic E-state index is 11.4. The smallest absolute Gasteiger partial charge is 0.329 e. The molecule has 1 rings (SSSR count). The van der Waals surface area contributed by atoms with Crippen molar-refractivity contribution in [1.82, 2.24) is 0 Å². The number of benzene rings is 1. The number of carboxylic acids is 1. The maximum Gasteiger partial charge on any atom is 0.329 e. The standard InChI is InChI=1S/C13H19NO3S/c1-10(7-8-15)18-9-13(14,12(16)17)11-5-3-2-4-6-11/h2-6,10,15H,7-9,14H2,1H3,(H,16,17). The Balaban J connectivity index is 2.79. The molecule has 4 N–H and O–H groups in total. The summed E-state index contributed by atoms with van der Waals surface area (Å²) in [4.78, 5) is 11.4. The second-order valence-corrected chi connectivity index (χ2v) is 5.70. The van der Waals surface area contributed by atoms with Crippen LogP contribution in [0.3, 0.4) is 0 Å². The average Bonchev–Trinajstić information content (AvgIpc) is 2.37. The highest BCUT2D eigenvalue weighted by atomic mass is 32.2. The molecule has 0 fully saturated rings. The molecule has 0 bridgehead atoms. The minimum Gasteiger partial charge on any atom is -0.480 e. The minimum absolute atomic E-state index is 0.101. The Morgan fingerprint density at radius 2 is 2.06 bits per heavy atom. The Hall–Kier alpha value is -1.04. The van der Waals surface area contributed by atoms with E-state index in [0.29, 0.717) is 12.0 Å². The molecule has 0 heterocycles. The van der Waals surface area contributed by atoms with E-state index in [9.17, 15) is 9.90 Å². The number of hydrogen-bond donors (Lipinski definition) is 3. The lowest BCUT2D eigenvalue weighted by atomic mass is 9.93. The van der Waals surface area contributed by atoms with Gasteiger partial charge in [0.2, 0.25) is 0 Å². The number of aliphatic carboxylic acids is 1. The summed E-state index contributed by atoms with van der Waals surface area (Å²) in [5.74, 6) is -0.745. The number of carbonyl (C=O) groups is 1. The molecule has 2 unspecified atom stereocenters. The summed E-state index contributed by atoms with van der Waals surface area (Å²) < 4.78 is 0. The first-order valence-corrected chi connectivity index (χ1v) is 6.86. The summed E-state index contributed by atoms with van der Waals surface area (Å²) in [5, 5.41) is 18.4. The van der Waals surface area contributed by atoms with Crippen LogP contribution in [0.1, 0.15) is 18.9 Å². The molecule has 2 atom stereocenters. The first-order valence-electron chi connectivity index (χ1n) is 5.81. The average molecular weight is 269 g/mol. The summed E-state index contributed by atoms with van der Waals surface area (Å²) in [6, 6.07) is 8.84. The highest BCUT2D eigenvalue weighted by Gasteiger charge is 2.36. The number of carboxylic acid groups (broad SMARTS) is 1. The third kappa shape index (κ3) is 3.73. The van der Waals surface area contributed by atoms with Crippen molar-refractivity contribution in [3.05, 3.63) is 35.9 Å². The summed E-state index contributed by atoms with van der Waals surface area (Å²) in [7, 11) is 0. The number of thioether (sulfide) groups is 1. The molecule has 0 spiro atoms. The van der Waals surface area contributed by atoms with E-state index in [4.69, 9.17) is 10.8 Å². The van der Waals surface area contributed by atoms with Gasteiger partial charge in [-0.05, 0) is 12.0 Å². The zero-order chi connectivity index (χ0) is 13.6.